The van der Waals surface area contributed by atoms with Crippen molar-refractivity contribution in [1.29, 1.82) is 0 Å². The van der Waals surface area contributed by atoms with Gasteiger partial charge in [-0.1, -0.05) is 62.7 Å². The zero-order chi connectivity index (χ0) is 21.6. The molecule has 0 saturated carbocycles. The van der Waals surface area contributed by atoms with Gasteiger partial charge in [0.1, 0.15) is 0 Å². The van der Waals surface area contributed by atoms with Crippen molar-refractivity contribution in [3.8, 4) is 0 Å². The Morgan fingerprint density at radius 1 is 0.967 bits per heavy atom. The van der Waals surface area contributed by atoms with E-state index in [2.05, 4.69) is 24.5 Å². The smallest absolute Gasteiger partial charge is 0.315 e. The summed E-state index contributed by atoms with van der Waals surface area (Å²) in [4.78, 5) is 12.7. The molecule has 2 N–H and O–H groups in total. The second-order valence-electron chi connectivity index (χ2n) is 8.07. The minimum atomic E-state index is -3.43. The Kier molecular flexibility index (Phi) is 7.50. The van der Waals surface area contributed by atoms with E-state index in [4.69, 9.17) is 0 Å². The number of hydrogen-bond acceptors (Lipinski definition) is 3. The second-order valence-corrected chi connectivity index (χ2v) is 10.0. The molecule has 162 valence electrons. The number of amides is 2. The number of benzene rings is 2. The van der Waals surface area contributed by atoms with Crippen molar-refractivity contribution >= 4 is 16.1 Å². The van der Waals surface area contributed by atoms with Gasteiger partial charge in [-0.25, -0.2) is 13.2 Å². The Balaban J connectivity index is 1.57. The lowest BCUT2D eigenvalue weighted by molar-refractivity contribution is 0.232. The van der Waals surface area contributed by atoms with E-state index in [-0.39, 0.29) is 18.0 Å². The Morgan fingerprint density at radius 2 is 1.60 bits per heavy atom. The summed E-state index contributed by atoms with van der Waals surface area (Å²) < 4.78 is 27.0. The minimum absolute atomic E-state index is 0.0803. The summed E-state index contributed by atoms with van der Waals surface area (Å²) in [5.74, 6) is 0.248. The summed E-state index contributed by atoms with van der Waals surface area (Å²) in [6.07, 6.45) is 2.91. The van der Waals surface area contributed by atoms with E-state index in [9.17, 15) is 13.2 Å². The topological polar surface area (TPSA) is 78.5 Å². The van der Waals surface area contributed by atoms with Crippen molar-refractivity contribution in [3.05, 3.63) is 65.7 Å². The maximum absolute atomic E-state index is 12.7. The number of nitrogens with one attached hydrogen (secondary N) is 2. The number of urea groups is 1. The molecule has 0 bridgehead atoms. The van der Waals surface area contributed by atoms with Crippen LogP contribution in [0.4, 0.5) is 4.79 Å². The van der Waals surface area contributed by atoms with Gasteiger partial charge in [-0.2, -0.15) is 4.31 Å². The molecule has 0 radical (unpaired) electrons. The summed E-state index contributed by atoms with van der Waals surface area (Å²) in [6.45, 7) is 5.64. The molecule has 1 atom stereocenters. The number of sulfonamides is 1. The predicted octanol–water partition coefficient (Wildman–Crippen LogP) is 4.06. The number of carbonyl (C=O) groups is 1. The molecule has 1 saturated heterocycles. The molecule has 0 spiro atoms. The average molecular weight is 430 g/mol. The number of nitrogens with zero attached hydrogens (tertiary/aromatic N) is 1. The number of rotatable bonds is 7. The van der Waals surface area contributed by atoms with Crippen LogP contribution in [0.15, 0.2) is 59.5 Å². The third kappa shape index (κ3) is 5.61. The number of piperidine rings is 1. The van der Waals surface area contributed by atoms with Gasteiger partial charge in [0.25, 0.3) is 0 Å². The standard InChI is InChI=1S/C23H31N3O3S/c1-18(2)22(20-9-5-3-6-10-20)25-23(27)24-17-19-11-13-21(14-12-19)30(28,29)26-15-7-4-8-16-26/h3,5-6,9-14,18,22H,4,7-8,15-17H2,1-2H3,(H2,24,25,27)/t22-/m1/s1. The van der Waals surface area contributed by atoms with Crippen LogP contribution in [0.5, 0.6) is 0 Å². The zero-order valence-corrected chi connectivity index (χ0v) is 18.5. The van der Waals surface area contributed by atoms with E-state index in [0.29, 0.717) is 24.5 Å². The molecule has 1 heterocycles. The summed E-state index contributed by atoms with van der Waals surface area (Å²) in [5.41, 5.74) is 1.92. The van der Waals surface area contributed by atoms with Gasteiger partial charge in [0, 0.05) is 19.6 Å². The molecule has 1 aliphatic heterocycles. The van der Waals surface area contributed by atoms with E-state index in [1.54, 1.807) is 28.6 Å². The molecule has 2 aromatic carbocycles. The number of hydrogen-bond donors (Lipinski definition) is 2. The largest absolute Gasteiger partial charge is 0.334 e. The Labute approximate surface area is 179 Å². The minimum Gasteiger partial charge on any atom is -0.334 e. The lowest BCUT2D eigenvalue weighted by Crippen LogP contribution is -2.39. The van der Waals surface area contributed by atoms with Crippen molar-refractivity contribution < 1.29 is 13.2 Å². The van der Waals surface area contributed by atoms with Gasteiger partial charge in [-0.05, 0) is 42.0 Å². The highest BCUT2D eigenvalue weighted by molar-refractivity contribution is 7.89. The van der Waals surface area contributed by atoms with Crippen LogP contribution in [0.2, 0.25) is 0 Å². The number of carbonyl (C=O) groups excluding carboxylic acids is 1. The van der Waals surface area contributed by atoms with Crippen molar-refractivity contribution in [3.63, 3.8) is 0 Å². The fourth-order valence-corrected chi connectivity index (χ4v) is 5.22. The molecule has 3 rings (SSSR count). The first kappa shape index (κ1) is 22.3. The van der Waals surface area contributed by atoms with Gasteiger partial charge in [-0.15, -0.1) is 0 Å². The first-order valence-electron chi connectivity index (χ1n) is 10.6. The molecular formula is C23H31N3O3S. The summed E-state index contributed by atoms with van der Waals surface area (Å²) in [6, 6.07) is 16.3. The maximum Gasteiger partial charge on any atom is 0.315 e. The van der Waals surface area contributed by atoms with E-state index in [1.807, 2.05) is 30.3 Å². The highest BCUT2D eigenvalue weighted by Gasteiger charge is 2.25. The second kappa shape index (κ2) is 10.1. The molecule has 6 nitrogen and oxygen atoms in total. The third-order valence-electron chi connectivity index (χ3n) is 5.44. The van der Waals surface area contributed by atoms with Crippen molar-refractivity contribution in [2.75, 3.05) is 13.1 Å². The molecule has 1 aliphatic rings. The van der Waals surface area contributed by atoms with Gasteiger partial charge < -0.3 is 10.6 Å². The van der Waals surface area contributed by atoms with Gasteiger partial charge in [0.05, 0.1) is 10.9 Å². The normalized spacial score (nSPS) is 16.2. The Hall–Kier alpha value is -2.38. The van der Waals surface area contributed by atoms with Crippen LogP contribution in [-0.4, -0.2) is 31.8 Å². The Morgan fingerprint density at radius 3 is 2.20 bits per heavy atom. The van der Waals surface area contributed by atoms with Crippen LogP contribution in [0.25, 0.3) is 0 Å². The molecule has 0 unspecified atom stereocenters. The SMILES string of the molecule is CC(C)[C@@H](NC(=O)NCc1ccc(S(=O)(=O)N2CCCCC2)cc1)c1ccccc1. The van der Waals surface area contributed by atoms with Crippen LogP contribution >= 0.6 is 0 Å². The molecule has 7 heteroatoms. The highest BCUT2D eigenvalue weighted by Crippen LogP contribution is 2.22. The maximum atomic E-state index is 12.7. The van der Waals surface area contributed by atoms with Crippen LogP contribution < -0.4 is 10.6 Å². The van der Waals surface area contributed by atoms with Crippen LogP contribution in [0, 0.1) is 5.92 Å². The monoisotopic (exact) mass is 429 g/mol. The summed E-state index contributed by atoms with van der Waals surface area (Å²) in [5, 5.41) is 5.89. The fourth-order valence-electron chi connectivity index (χ4n) is 3.70. The lowest BCUT2D eigenvalue weighted by atomic mass is 9.96. The first-order chi connectivity index (χ1) is 14.4. The van der Waals surface area contributed by atoms with Gasteiger partial charge in [-0.3, -0.25) is 0 Å². The molecule has 2 amide bonds. The average Bonchev–Trinajstić information content (AvgIpc) is 2.77. The molecule has 1 fully saturated rings. The molecule has 2 aromatic rings. The molecule has 0 aliphatic carbocycles. The predicted molar refractivity (Wildman–Crippen MR) is 118 cm³/mol. The van der Waals surface area contributed by atoms with Gasteiger partial charge in [0.2, 0.25) is 10.0 Å². The fraction of sp³-hybridized carbons (Fsp3) is 0.435. The van der Waals surface area contributed by atoms with Crippen molar-refractivity contribution in [2.24, 2.45) is 5.92 Å². The first-order valence-corrected chi connectivity index (χ1v) is 12.0. The van der Waals surface area contributed by atoms with Crippen LogP contribution in [-0.2, 0) is 16.6 Å². The van der Waals surface area contributed by atoms with Gasteiger partial charge >= 0.3 is 6.03 Å². The van der Waals surface area contributed by atoms with E-state index in [1.165, 1.54) is 0 Å². The molecule has 30 heavy (non-hydrogen) atoms. The Bertz CT molecular complexity index is 922. The molecule has 0 aromatic heterocycles. The zero-order valence-electron chi connectivity index (χ0n) is 17.7. The van der Waals surface area contributed by atoms with Crippen LogP contribution in [0.3, 0.4) is 0 Å². The quantitative estimate of drug-likeness (QED) is 0.697. The van der Waals surface area contributed by atoms with E-state index in [0.717, 1.165) is 30.4 Å². The highest BCUT2D eigenvalue weighted by atomic mass is 32.2. The third-order valence-corrected chi connectivity index (χ3v) is 7.35. The lowest BCUT2D eigenvalue weighted by Gasteiger charge is -2.26. The summed E-state index contributed by atoms with van der Waals surface area (Å²) >= 11 is 0. The van der Waals surface area contributed by atoms with Crippen LogP contribution in [0.1, 0.15) is 50.3 Å². The van der Waals surface area contributed by atoms with Crippen molar-refractivity contribution in [2.45, 2.75) is 50.6 Å². The van der Waals surface area contributed by atoms with Crippen molar-refractivity contribution in [1.82, 2.24) is 14.9 Å². The van der Waals surface area contributed by atoms with Gasteiger partial charge in [0.15, 0.2) is 0 Å². The molecular weight excluding hydrogens is 398 g/mol. The van der Waals surface area contributed by atoms with E-state index < -0.39 is 10.0 Å². The van der Waals surface area contributed by atoms with E-state index >= 15 is 0 Å². The summed E-state index contributed by atoms with van der Waals surface area (Å²) in [7, 11) is -3.43.